The summed E-state index contributed by atoms with van der Waals surface area (Å²) in [6, 6.07) is 0.271. The lowest BCUT2D eigenvalue weighted by Crippen LogP contribution is -2.30. The van der Waals surface area contributed by atoms with Gasteiger partial charge in [0.1, 0.15) is 0 Å². The van der Waals surface area contributed by atoms with Gasteiger partial charge in [0.05, 0.1) is 5.75 Å². The molecule has 0 spiro atoms. The largest absolute Gasteiger partial charge is 0.481 e. The van der Waals surface area contributed by atoms with Crippen LogP contribution in [0.4, 0.5) is 5.13 Å². The minimum absolute atomic E-state index is 0.0173. The zero-order chi connectivity index (χ0) is 13.1. The highest BCUT2D eigenvalue weighted by Gasteiger charge is 2.21. The van der Waals surface area contributed by atoms with Gasteiger partial charge >= 0.3 is 5.97 Å². The maximum atomic E-state index is 10.4. The number of hydrogen-bond donors (Lipinski definition) is 2. The molecular formula is C10H17N3O2S2. The van der Waals surface area contributed by atoms with Crippen molar-refractivity contribution in [2.45, 2.75) is 38.1 Å². The van der Waals surface area contributed by atoms with Gasteiger partial charge in [0, 0.05) is 6.04 Å². The molecule has 1 heterocycles. The molecule has 0 bridgehead atoms. The molecule has 96 valence electrons. The molecule has 1 rings (SSSR count). The molecule has 0 aliphatic rings. The van der Waals surface area contributed by atoms with E-state index in [0.29, 0.717) is 4.34 Å². The highest BCUT2D eigenvalue weighted by atomic mass is 32.2. The number of carboxylic acids is 1. The van der Waals surface area contributed by atoms with Crippen LogP contribution in [0.5, 0.6) is 0 Å². The second-order valence-corrected chi connectivity index (χ2v) is 6.99. The second-order valence-electron chi connectivity index (χ2n) is 4.79. The van der Waals surface area contributed by atoms with Crippen LogP contribution in [0.25, 0.3) is 0 Å². The van der Waals surface area contributed by atoms with Crippen LogP contribution in [0.1, 0.15) is 27.7 Å². The van der Waals surface area contributed by atoms with E-state index in [1.54, 1.807) is 0 Å². The van der Waals surface area contributed by atoms with Crippen molar-refractivity contribution in [1.29, 1.82) is 0 Å². The fraction of sp³-hybridized carbons (Fsp3) is 0.700. The van der Waals surface area contributed by atoms with Gasteiger partial charge < -0.3 is 10.4 Å². The first-order valence-corrected chi connectivity index (χ1v) is 7.04. The summed E-state index contributed by atoms with van der Waals surface area (Å²) in [4.78, 5) is 10.4. The zero-order valence-corrected chi connectivity index (χ0v) is 12.0. The minimum Gasteiger partial charge on any atom is -0.481 e. The van der Waals surface area contributed by atoms with Crippen molar-refractivity contribution < 1.29 is 9.90 Å². The molecule has 5 nitrogen and oxygen atoms in total. The van der Waals surface area contributed by atoms with E-state index in [1.165, 1.54) is 23.1 Å². The van der Waals surface area contributed by atoms with E-state index in [2.05, 4.69) is 43.2 Å². The van der Waals surface area contributed by atoms with Crippen molar-refractivity contribution in [3.8, 4) is 0 Å². The summed E-state index contributed by atoms with van der Waals surface area (Å²) >= 11 is 2.57. The molecule has 1 aromatic rings. The van der Waals surface area contributed by atoms with Crippen LogP contribution in [0.2, 0.25) is 0 Å². The Balaban J connectivity index is 2.54. The van der Waals surface area contributed by atoms with E-state index in [9.17, 15) is 4.79 Å². The van der Waals surface area contributed by atoms with Crippen LogP contribution in [0.3, 0.4) is 0 Å². The van der Waals surface area contributed by atoms with Gasteiger partial charge in [-0.1, -0.05) is 43.9 Å². The number of carbonyl (C=O) groups is 1. The summed E-state index contributed by atoms with van der Waals surface area (Å²) in [6.45, 7) is 8.52. The molecule has 1 unspecified atom stereocenters. The molecule has 1 aromatic heterocycles. The number of nitrogens with zero attached hydrogens (tertiary/aromatic N) is 2. The third-order valence-corrected chi connectivity index (χ3v) is 4.34. The van der Waals surface area contributed by atoms with Gasteiger partial charge in [0.2, 0.25) is 5.13 Å². The standard InChI is InChI=1S/C10H17N3O2S2/c1-6(10(2,3)4)11-8-12-13-9(17-8)16-5-7(14)15/h6H,5H2,1-4H3,(H,11,12)(H,14,15). The Bertz CT molecular complexity index is 387. The maximum Gasteiger partial charge on any atom is 0.313 e. The molecule has 0 saturated carbocycles. The Morgan fingerprint density at radius 1 is 1.53 bits per heavy atom. The van der Waals surface area contributed by atoms with Gasteiger partial charge in [-0.15, -0.1) is 10.2 Å². The van der Waals surface area contributed by atoms with Crippen LogP contribution >= 0.6 is 23.1 Å². The first-order chi connectivity index (χ1) is 7.79. The Morgan fingerprint density at radius 3 is 2.71 bits per heavy atom. The third-order valence-electron chi connectivity index (χ3n) is 2.36. The second kappa shape index (κ2) is 5.68. The maximum absolute atomic E-state index is 10.4. The summed E-state index contributed by atoms with van der Waals surface area (Å²) in [7, 11) is 0. The molecule has 1 atom stereocenters. The van der Waals surface area contributed by atoms with Gasteiger partial charge in [0.25, 0.3) is 0 Å². The monoisotopic (exact) mass is 275 g/mol. The van der Waals surface area contributed by atoms with E-state index in [-0.39, 0.29) is 17.2 Å². The first-order valence-electron chi connectivity index (χ1n) is 5.23. The Hall–Kier alpha value is -0.820. The summed E-state index contributed by atoms with van der Waals surface area (Å²) in [6.07, 6.45) is 0. The topological polar surface area (TPSA) is 75.1 Å². The minimum atomic E-state index is -0.845. The lowest BCUT2D eigenvalue weighted by molar-refractivity contribution is -0.133. The SMILES string of the molecule is CC(Nc1nnc(SCC(=O)O)s1)C(C)(C)C. The lowest BCUT2D eigenvalue weighted by Gasteiger charge is -2.27. The van der Waals surface area contributed by atoms with Crippen molar-refractivity contribution in [3.63, 3.8) is 0 Å². The molecule has 2 N–H and O–H groups in total. The average Bonchev–Trinajstić information content (AvgIpc) is 2.61. The smallest absolute Gasteiger partial charge is 0.313 e. The number of rotatable bonds is 5. The number of aliphatic carboxylic acids is 1. The summed E-state index contributed by atoms with van der Waals surface area (Å²) in [5.74, 6) is -0.827. The molecule has 0 amide bonds. The highest BCUT2D eigenvalue weighted by molar-refractivity contribution is 8.01. The summed E-state index contributed by atoms with van der Waals surface area (Å²) in [5.41, 5.74) is 0.139. The van der Waals surface area contributed by atoms with E-state index in [4.69, 9.17) is 5.11 Å². The molecule has 0 fully saturated rings. The van der Waals surface area contributed by atoms with Crippen LogP contribution in [0.15, 0.2) is 4.34 Å². The molecule has 0 radical (unpaired) electrons. The van der Waals surface area contributed by atoms with Crippen LogP contribution in [-0.4, -0.2) is 33.1 Å². The molecule has 0 aliphatic heterocycles. The number of anilines is 1. The number of carboxylic acid groups (broad SMARTS) is 1. The van der Waals surface area contributed by atoms with Gasteiger partial charge in [-0.2, -0.15) is 0 Å². The zero-order valence-electron chi connectivity index (χ0n) is 10.4. The van der Waals surface area contributed by atoms with Crippen molar-refractivity contribution in [3.05, 3.63) is 0 Å². The fourth-order valence-corrected chi connectivity index (χ4v) is 2.41. The van der Waals surface area contributed by atoms with Crippen LogP contribution in [0, 0.1) is 5.41 Å². The van der Waals surface area contributed by atoms with E-state index in [0.717, 1.165) is 5.13 Å². The predicted molar refractivity (Wildman–Crippen MR) is 70.8 cm³/mol. The first kappa shape index (κ1) is 14.2. The normalized spacial score (nSPS) is 13.4. The van der Waals surface area contributed by atoms with Gasteiger partial charge in [-0.3, -0.25) is 4.79 Å². The highest BCUT2D eigenvalue weighted by Crippen LogP contribution is 2.28. The Morgan fingerprint density at radius 2 is 2.18 bits per heavy atom. The number of thioether (sulfide) groups is 1. The molecule has 0 saturated heterocycles. The van der Waals surface area contributed by atoms with Crippen LogP contribution < -0.4 is 5.32 Å². The van der Waals surface area contributed by atoms with Crippen LogP contribution in [-0.2, 0) is 4.79 Å². The molecule has 0 aliphatic carbocycles. The average molecular weight is 275 g/mol. The van der Waals surface area contributed by atoms with Crippen molar-refractivity contribution >= 4 is 34.2 Å². The Labute approximate surface area is 109 Å². The summed E-state index contributed by atoms with van der Waals surface area (Å²) in [5, 5.41) is 20.5. The summed E-state index contributed by atoms with van der Waals surface area (Å²) < 4.78 is 0.677. The molecule has 17 heavy (non-hydrogen) atoms. The van der Waals surface area contributed by atoms with Crippen molar-refractivity contribution in [2.75, 3.05) is 11.1 Å². The van der Waals surface area contributed by atoms with Gasteiger partial charge in [0.15, 0.2) is 4.34 Å². The lowest BCUT2D eigenvalue weighted by atomic mass is 9.88. The molecule has 7 heteroatoms. The number of aromatic nitrogens is 2. The van der Waals surface area contributed by atoms with Crippen molar-refractivity contribution in [2.24, 2.45) is 5.41 Å². The van der Waals surface area contributed by atoms with Gasteiger partial charge in [-0.25, -0.2) is 0 Å². The van der Waals surface area contributed by atoms with E-state index < -0.39 is 5.97 Å². The van der Waals surface area contributed by atoms with Gasteiger partial charge in [-0.05, 0) is 12.3 Å². The molecule has 0 aromatic carbocycles. The molecular weight excluding hydrogens is 258 g/mol. The number of nitrogens with one attached hydrogen (secondary N) is 1. The quantitative estimate of drug-likeness (QED) is 0.804. The Kier molecular flexibility index (Phi) is 4.76. The van der Waals surface area contributed by atoms with E-state index in [1.807, 2.05) is 0 Å². The number of hydrogen-bond acceptors (Lipinski definition) is 6. The fourth-order valence-electron chi connectivity index (χ4n) is 0.852. The third kappa shape index (κ3) is 4.91. The van der Waals surface area contributed by atoms with Crippen molar-refractivity contribution in [1.82, 2.24) is 10.2 Å². The predicted octanol–water partition coefficient (Wildman–Crippen LogP) is 2.56. The van der Waals surface area contributed by atoms with E-state index >= 15 is 0 Å².